The SMILES string of the molecule is CC(C)(C)OC(N)=O.Cn1c(=O)c2[nH]c(N3CCCCC3)c(SC#N)c2n(C)c1=O. The minimum Gasteiger partial charge on any atom is -0.444 e. The molecule has 164 valence electrons. The predicted molar refractivity (Wildman–Crippen MR) is 117 cm³/mol. The van der Waals surface area contributed by atoms with Crippen molar-refractivity contribution in [2.45, 2.75) is 50.5 Å². The highest BCUT2D eigenvalue weighted by Crippen LogP contribution is 2.36. The minimum atomic E-state index is -0.725. The highest BCUT2D eigenvalue weighted by Gasteiger charge is 2.24. The van der Waals surface area contributed by atoms with Gasteiger partial charge in [-0.15, -0.1) is 0 Å². The molecule has 2 aromatic heterocycles. The summed E-state index contributed by atoms with van der Waals surface area (Å²) in [7, 11) is 3.09. The summed E-state index contributed by atoms with van der Waals surface area (Å²) < 4.78 is 7.09. The summed E-state index contributed by atoms with van der Waals surface area (Å²) in [6.45, 7) is 7.06. The third-order valence-electron chi connectivity index (χ3n) is 4.56. The van der Waals surface area contributed by atoms with Gasteiger partial charge in [-0.05, 0) is 51.8 Å². The van der Waals surface area contributed by atoms with Crippen molar-refractivity contribution in [3.63, 3.8) is 0 Å². The van der Waals surface area contributed by atoms with Gasteiger partial charge in [0.2, 0.25) is 0 Å². The zero-order chi connectivity index (χ0) is 22.6. The molecule has 0 saturated carbocycles. The predicted octanol–water partition coefficient (Wildman–Crippen LogP) is 2.01. The normalized spacial score (nSPS) is 14.1. The van der Waals surface area contributed by atoms with E-state index < -0.39 is 11.7 Å². The number of nitrogens with one attached hydrogen (secondary N) is 1. The van der Waals surface area contributed by atoms with E-state index in [0.717, 1.165) is 48.1 Å². The summed E-state index contributed by atoms with van der Waals surface area (Å²) in [6, 6.07) is 0. The molecule has 0 spiro atoms. The average Bonchev–Trinajstić information content (AvgIpc) is 3.04. The number of primary amides is 1. The fraction of sp³-hybridized carbons (Fsp3) is 0.579. The van der Waals surface area contributed by atoms with Crippen LogP contribution in [0.2, 0.25) is 0 Å². The van der Waals surface area contributed by atoms with Crippen molar-refractivity contribution < 1.29 is 9.53 Å². The molecule has 0 atom stereocenters. The summed E-state index contributed by atoms with van der Waals surface area (Å²) >= 11 is 0.994. The number of aromatic amines is 1. The number of thiocyanates is 1. The second-order valence-corrected chi connectivity index (χ2v) is 8.80. The van der Waals surface area contributed by atoms with Crippen LogP contribution in [0.25, 0.3) is 11.0 Å². The molecule has 0 unspecified atom stereocenters. The molecule has 2 aromatic rings. The van der Waals surface area contributed by atoms with E-state index in [4.69, 9.17) is 11.0 Å². The zero-order valence-electron chi connectivity index (χ0n) is 17.9. The Morgan fingerprint density at radius 3 is 2.23 bits per heavy atom. The Labute approximate surface area is 178 Å². The number of carbonyl (C=O) groups is 1. The maximum absolute atomic E-state index is 12.4. The first-order valence-electron chi connectivity index (χ1n) is 9.59. The van der Waals surface area contributed by atoms with E-state index >= 15 is 0 Å². The van der Waals surface area contributed by atoms with Crippen LogP contribution in [0.1, 0.15) is 40.0 Å². The van der Waals surface area contributed by atoms with Crippen LogP contribution in [0.5, 0.6) is 0 Å². The number of nitrogens with two attached hydrogens (primary N) is 1. The Morgan fingerprint density at radius 1 is 1.17 bits per heavy atom. The number of rotatable bonds is 2. The number of fused-ring (bicyclic) bond motifs is 1. The van der Waals surface area contributed by atoms with Crippen molar-refractivity contribution in [2.75, 3.05) is 18.0 Å². The number of thioether (sulfide) groups is 1. The lowest BCUT2D eigenvalue weighted by Crippen LogP contribution is -2.36. The molecule has 30 heavy (non-hydrogen) atoms. The van der Waals surface area contributed by atoms with Gasteiger partial charge in [0, 0.05) is 27.2 Å². The molecule has 3 N–H and O–H groups in total. The van der Waals surface area contributed by atoms with Gasteiger partial charge in [-0.3, -0.25) is 13.9 Å². The standard InChI is InChI=1S/C14H17N5O2S.C5H11NO2/c1-17-10-9(13(20)18(2)14(17)21)16-12(11(10)22-8-15)19-6-4-3-5-7-19;1-5(2,3)8-4(6)7/h16H,3-7H2,1-2H3;1-3H3,(H2,6,7). The van der Waals surface area contributed by atoms with Crippen molar-refractivity contribution >= 4 is 34.7 Å². The van der Waals surface area contributed by atoms with Crippen LogP contribution in [0.4, 0.5) is 10.6 Å². The highest BCUT2D eigenvalue weighted by atomic mass is 32.2. The van der Waals surface area contributed by atoms with Crippen LogP contribution in [0.15, 0.2) is 14.5 Å². The van der Waals surface area contributed by atoms with Gasteiger partial charge in [0.1, 0.15) is 22.3 Å². The smallest absolute Gasteiger partial charge is 0.405 e. The summed E-state index contributed by atoms with van der Waals surface area (Å²) in [5.74, 6) is 0.777. The number of carbonyl (C=O) groups excluding carboxylic acids is 1. The summed E-state index contributed by atoms with van der Waals surface area (Å²) in [6.07, 6.45) is 2.64. The Balaban J connectivity index is 0.000000343. The number of aromatic nitrogens is 3. The molecule has 11 heteroatoms. The van der Waals surface area contributed by atoms with Gasteiger partial charge in [0.05, 0.1) is 10.4 Å². The fourth-order valence-electron chi connectivity index (χ4n) is 3.29. The van der Waals surface area contributed by atoms with E-state index in [1.165, 1.54) is 18.0 Å². The topological polar surface area (TPSA) is 139 Å². The lowest BCUT2D eigenvalue weighted by Gasteiger charge is -2.28. The number of nitrogens with zero attached hydrogens (tertiary/aromatic N) is 4. The number of piperidine rings is 1. The number of nitriles is 1. The molecule has 1 saturated heterocycles. The lowest BCUT2D eigenvalue weighted by molar-refractivity contribution is 0.0600. The van der Waals surface area contributed by atoms with E-state index in [1.807, 2.05) is 0 Å². The molecule has 3 rings (SSSR count). The number of amides is 1. The maximum Gasteiger partial charge on any atom is 0.405 e. The molecule has 0 aliphatic carbocycles. The fourth-order valence-corrected chi connectivity index (χ4v) is 4.00. The third kappa shape index (κ3) is 5.18. The van der Waals surface area contributed by atoms with Crippen molar-refractivity contribution in [2.24, 2.45) is 19.8 Å². The highest BCUT2D eigenvalue weighted by molar-refractivity contribution is 8.04. The molecule has 3 heterocycles. The van der Waals surface area contributed by atoms with Gasteiger partial charge in [0.25, 0.3) is 5.56 Å². The van der Waals surface area contributed by atoms with Crippen LogP contribution in [0.3, 0.4) is 0 Å². The van der Waals surface area contributed by atoms with Crippen LogP contribution in [0, 0.1) is 10.7 Å². The number of ether oxygens (including phenoxy) is 1. The molecule has 0 radical (unpaired) electrons. The van der Waals surface area contributed by atoms with Gasteiger partial charge < -0.3 is 20.4 Å². The van der Waals surface area contributed by atoms with Gasteiger partial charge in [-0.2, -0.15) is 5.26 Å². The Hall–Kier alpha value is -2.87. The maximum atomic E-state index is 12.4. The lowest BCUT2D eigenvalue weighted by atomic mass is 10.1. The first-order valence-corrected chi connectivity index (χ1v) is 10.4. The second-order valence-electron chi connectivity index (χ2n) is 8.01. The number of H-pyrrole nitrogens is 1. The van der Waals surface area contributed by atoms with Crippen molar-refractivity contribution in [3.05, 3.63) is 20.8 Å². The molecular weight excluding hydrogens is 408 g/mol. The first-order chi connectivity index (χ1) is 14.0. The van der Waals surface area contributed by atoms with Crippen LogP contribution >= 0.6 is 11.8 Å². The van der Waals surface area contributed by atoms with Crippen molar-refractivity contribution in [1.82, 2.24) is 14.1 Å². The summed E-state index contributed by atoms with van der Waals surface area (Å²) in [4.78, 5) is 40.5. The zero-order valence-corrected chi connectivity index (χ0v) is 18.8. The van der Waals surface area contributed by atoms with E-state index in [0.29, 0.717) is 15.9 Å². The quantitative estimate of drug-likeness (QED) is 0.542. The Bertz CT molecular complexity index is 1080. The number of anilines is 1. The van der Waals surface area contributed by atoms with Gasteiger partial charge in [0.15, 0.2) is 0 Å². The van der Waals surface area contributed by atoms with E-state index in [2.05, 4.69) is 20.0 Å². The van der Waals surface area contributed by atoms with E-state index in [9.17, 15) is 14.4 Å². The molecule has 1 aliphatic heterocycles. The first kappa shape index (κ1) is 23.4. The van der Waals surface area contributed by atoms with Crippen molar-refractivity contribution in [3.8, 4) is 5.40 Å². The number of hydrogen-bond acceptors (Lipinski definition) is 7. The molecule has 1 fully saturated rings. The van der Waals surface area contributed by atoms with E-state index in [-0.39, 0.29) is 11.2 Å². The van der Waals surface area contributed by atoms with Crippen LogP contribution in [-0.4, -0.2) is 38.9 Å². The Kier molecular flexibility index (Phi) is 7.25. The molecule has 1 aliphatic rings. The minimum absolute atomic E-state index is 0.360. The average molecular weight is 437 g/mol. The van der Waals surface area contributed by atoms with Gasteiger partial charge in [-0.1, -0.05) is 0 Å². The molecular formula is C19H28N6O4S. The largest absolute Gasteiger partial charge is 0.444 e. The number of aryl methyl sites for hydroxylation is 1. The molecule has 0 aromatic carbocycles. The summed E-state index contributed by atoms with van der Waals surface area (Å²) in [5, 5.41) is 11.2. The van der Waals surface area contributed by atoms with Gasteiger partial charge >= 0.3 is 11.8 Å². The number of hydrogen-bond donors (Lipinski definition) is 2. The monoisotopic (exact) mass is 436 g/mol. The van der Waals surface area contributed by atoms with Crippen molar-refractivity contribution in [1.29, 1.82) is 5.26 Å². The molecule has 10 nitrogen and oxygen atoms in total. The molecule has 1 amide bonds. The van der Waals surface area contributed by atoms with Crippen LogP contribution in [-0.2, 0) is 18.8 Å². The molecule has 0 bridgehead atoms. The van der Waals surface area contributed by atoms with Gasteiger partial charge in [-0.25, -0.2) is 9.59 Å². The second kappa shape index (κ2) is 9.30. The van der Waals surface area contributed by atoms with Crippen LogP contribution < -0.4 is 21.9 Å². The van der Waals surface area contributed by atoms with E-state index in [1.54, 1.807) is 27.8 Å². The Morgan fingerprint density at radius 2 is 1.77 bits per heavy atom. The third-order valence-corrected chi connectivity index (χ3v) is 5.25. The summed E-state index contributed by atoms with van der Waals surface area (Å²) in [5.41, 5.74) is 4.41.